The smallest absolute Gasteiger partial charge is 0.294 e. The van der Waals surface area contributed by atoms with E-state index in [1.54, 1.807) is 0 Å². The van der Waals surface area contributed by atoms with Crippen LogP contribution in [0.4, 0.5) is 11.4 Å². The minimum Gasteiger partial charge on any atom is -0.306 e. The molecule has 114 valence electrons. The van der Waals surface area contributed by atoms with E-state index in [1.165, 1.54) is 30.0 Å². The molecule has 1 aromatic carbocycles. The molecule has 1 aliphatic heterocycles. The van der Waals surface area contributed by atoms with Gasteiger partial charge in [-0.3, -0.25) is 19.7 Å². The number of rotatable bonds is 4. The molecule has 0 saturated carbocycles. The number of carbonyl (C=O) groups excluding carboxylic acids is 2. The van der Waals surface area contributed by atoms with Crippen molar-refractivity contribution in [3.8, 4) is 6.07 Å². The molecule has 0 spiro atoms. The zero-order valence-electron chi connectivity index (χ0n) is 11.8. The lowest BCUT2D eigenvalue weighted by atomic mass is 10.1. The number of nitrogens with zero attached hydrogens (tertiary/aromatic N) is 3. The molecule has 0 N–H and O–H groups in total. The van der Waals surface area contributed by atoms with Crippen molar-refractivity contribution in [1.29, 1.82) is 5.26 Å². The van der Waals surface area contributed by atoms with Gasteiger partial charge >= 0.3 is 0 Å². The summed E-state index contributed by atoms with van der Waals surface area (Å²) >= 11 is 1.15. The summed E-state index contributed by atoms with van der Waals surface area (Å²) in [4.78, 5) is 35.0. The lowest BCUT2D eigenvalue weighted by Crippen LogP contribution is -2.25. The normalized spacial score (nSPS) is 17.4. The molecule has 0 aliphatic carbocycles. The second-order valence-corrected chi connectivity index (χ2v) is 6.15. The van der Waals surface area contributed by atoms with Crippen LogP contribution < -0.4 is 4.90 Å². The molecule has 1 aliphatic rings. The Bertz CT molecular complexity index is 683. The van der Waals surface area contributed by atoms with Gasteiger partial charge in [-0.1, -0.05) is 11.8 Å². The molecule has 2 rings (SSSR count). The average molecular weight is 319 g/mol. The van der Waals surface area contributed by atoms with Crippen molar-refractivity contribution < 1.29 is 14.5 Å². The quantitative estimate of drug-likeness (QED) is 0.621. The number of nitro benzene ring substituents is 1. The van der Waals surface area contributed by atoms with Crippen molar-refractivity contribution in [2.75, 3.05) is 17.2 Å². The highest BCUT2D eigenvalue weighted by molar-refractivity contribution is 8.13. The molecule has 1 fully saturated rings. The maximum Gasteiger partial charge on any atom is 0.294 e. The van der Waals surface area contributed by atoms with E-state index in [0.29, 0.717) is 12.3 Å². The lowest BCUT2D eigenvalue weighted by Gasteiger charge is -2.16. The van der Waals surface area contributed by atoms with E-state index in [0.717, 1.165) is 11.8 Å². The van der Waals surface area contributed by atoms with Gasteiger partial charge in [0, 0.05) is 31.7 Å². The summed E-state index contributed by atoms with van der Waals surface area (Å²) in [7, 11) is 0. The van der Waals surface area contributed by atoms with E-state index in [9.17, 15) is 19.7 Å². The number of nitriles is 1. The first-order chi connectivity index (χ1) is 10.4. The molecule has 1 saturated heterocycles. The highest BCUT2D eigenvalue weighted by Crippen LogP contribution is 2.34. The molecule has 1 unspecified atom stereocenters. The van der Waals surface area contributed by atoms with Crippen LogP contribution in [0.25, 0.3) is 0 Å². The Hall–Kier alpha value is -2.40. The van der Waals surface area contributed by atoms with Crippen molar-refractivity contribution in [2.45, 2.75) is 13.3 Å². The molecular formula is C14H13N3O4S. The fourth-order valence-electron chi connectivity index (χ4n) is 2.33. The Morgan fingerprint density at radius 3 is 2.91 bits per heavy atom. The molecule has 7 nitrogen and oxygen atoms in total. The second-order valence-electron chi connectivity index (χ2n) is 4.95. The van der Waals surface area contributed by atoms with Gasteiger partial charge in [0.1, 0.15) is 5.69 Å². The first-order valence-corrected chi connectivity index (χ1v) is 7.53. The number of benzene rings is 1. The summed E-state index contributed by atoms with van der Waals surface area (Å²) in [6, 6.07) is 5.89. The molecular weight excluding hydrogens is 306 g/mol. The number of nitro groups is 1. The fraction of sp³-hybridized carbons (Fsp3) is 0.357. The summed E-state index contributed by atoms with van der Waals surface area (Å²) in [6.07, 6.45) is 0.261. The molecule has 0 radical (unpaired) electrons. The molecule has 8 heteroatoms. The van der Waals surface area contributed by atoms with Crippen molar-refractivity contribution in [2.24, 2.45) is 5.92 Å². The molecule has 0 aromatic heterocycles. The van der Waals surface area contributed by atoms with Gasteiger partial charge in [-0.2, -0.15) is 5.26 Å². The monoisotopic (exact) mass is 319 g/mol. The molecule has 22 heavy (non-hydrogen) atoms. The Labute approximate surface area is 131 Å². The van der Waals surface area contributed by atoms with Crippen LogP contribution in [-0.2, 0) is 9.59 Å². The number of hydrogen-bond acceptors (Lipinski definition) is 6. The second kappa shape index (κ2) is 6.58. The Morgan fingerprint density at radius 2 is 2.32 bits per heavy atom. The van der Waals surface area contributed by atoms with Gasteiger partial charge < -0.3 is 4.90 Å². The van der Waals surface area contributed by atoms with Crippen LogP contribution in [0.15, 0.2) is 18.2 Å². The molecule has 1 amide bonds. The first-order valence-electron chi connectivity index (χ1n) is 6.54. The van der Waals surface area contributed by atoms with E-state index in [1.807, 2.05) is 6.07 Å². The average Bonchev–Trinajstić information content (AvgIpc) is 2.85. The number of anilines is 1. The van der Waals surface area contributed by atoms with Gasteiger partial charge in [0.2, 0.25) is 5.91 Å². The number of hydrogen-bond donors (Lipinski definition) is 0. The van der Waals surface area contributed by atoms with Crippen LogP contribution in [0.3, 0.4) is 0 Å². The third-order valence-electron chi connectivity index (χ3n) is 3.32. The fourth-order valence-corrected chi connectivity index (χ4v) is 3.02. The third-order valence-corrected chi connectivity index (χ3v) is 4.36. The zero-order valence-corrected chi connectivity index (χ0v) is 12.6. The third kappa shape index (κ3) is 3.43. The van der Waals surface area contributed by atoms with Gasteiger partial charge in [-0.05, 0) is 18.1 Å². The molecule has 1 atom stereocenters. The van der Waals surface area contributed by atoms with Crippen molar-refractivity contribution in [1.82, 2.24) is 0 Å². The Balaban J connectivity index is 2.25. The van der Waals surface area contributed by atoms with Gasteiger partial charge in [-0.25, -0.2) is 0 Å². The predicted molar refractivity (Wildman–Crippen MR) is 81.4 cm³/mol. The first kappa shape index (κ1) is 16.0. The van der Waals surface area contributed by atoms with E-state index >= 15 is 0 Å². The minimum absolute atomic E-state index is 0.0170. The van der Waals surface area contributed by atoms with Gasteiger partial charge in [0.05, 0.1) is 16.6 Å². The SMILES string of the molecule is CC(=O)SCC1CC(=O)N(c2ccc(C#N)cc2[N+](=O)[O-])C1. The van der Waals surface area contributed by atoms with Crippen LogP contribution in [0, 0.1) is 27.4 Å². The standard InChI is InChI=1S/C14H13N3O4S/c1-9(18)22-8-11-5-14(19)16(7-11)12-3-2-10(6-15)4-13(12)17(20)21/h2-4,11H,5,7-8H2,1H3. The van der Waals surface area contributed by atoms with E-state index in [-0.39, 0.29) is 40.3 Å². The maximum atomic E-state index is 12.1. The highest BCUT2D eigenvalue weighted by Gasteiger charge is 2.34. The van der Waals surface area contributed by atoms with Gasteiger partial charge in [0.15, 0.2) is 5.12 Å². The molecule has 1 aromatic rings. The summed E-state index contributed by atoms with van der Waals surface area (Å²) in [6.45, 7) is 1.80. The summed E-state index contributed by atoms with van der Waals surface area (Å²) in [5, 5.41) is 20.0. The number of amides is 1. The van der Waals surface area contributed by atoms with E-state index < -0.39 is 4.92 Å². The van der Waals surface area contributed by atoms with Gasteiger partial charge in [-0.15, -0.1) is 0 Å². The predicted octanol–water partition coefficient (Wildman–Crippen LogP) is 2.10. The van der Waals surface area contributed by atoms with E-state index in [2.05, 4.69) is 0 Å². The number of thioether (sulfide) groups is 1. The van der Waals surface area contributed by atoms with Crippen LogP contribution in [0.1, 0.15) is 18.9 Å². The van der Waals surface area contributed by atoms with Crippen LogP contribution in [-0.4, -0.2) is 28.2 Å². The summed E-state index contributed by atoms with van der Waals surface area (Å²) < 4.78 is 0. The summed E-state index contributed by atoms with van der Waals surface area (Å²) in [5.74, 6) is 0.292. The Morgan fingerprint density at radius 1 is 1.59 bits per heavy atom. The molecule has 0 bridgehead atoms. The van der Waals surface area contributed by atoms with Crippen LogP contribution in [0.5, 0.6) is 0 Å². The van der Waals surface area contributed by atoms with E-state index in [4.69, 9.17) is 5.26 Å². The van der Waals surface area contributed by atoms with Crippen molar-refractivity contribution in [3.05, 3.63) is 33.9 Å². The minimum atomic E-state index is -0.596. The topological polar surface area (TPSA) is 104 Å². The van der Waals surface area contributed by atoms with Crippen LogP contribution >= 0.6 is 11.8 Å². The number of carbonyl (C=O) groups is 2. The zero-order chi connectivity index (χ0) is 16.3. The van der Waals surface area contributed by atoms with Crippen LogP contribution in [0.2, 0.25) is 0 Å². The highest BCUT2D eigenvalue weighted by atomic mass is 32.2. The van der Waals surface area contributed by atoms with Crippen molar-refractivity contribution in [3.63, 3.8) is 0 Å². The van der Waals surface area contributed by atoms with Crippen molar-refractivity contribution >= 4 is 34.2 Å². The Kier molecular flexibility index (Phi) is 4.78. The summed E-state index contributed by atoms with van der Waals surface area (Å²) in [5.41, 5.74) is 0.113. The lowest BCUT2D eigenvalue weighted by molar-refractivity contribution is -0.384. The molecule has 1 heterocycles. The van der Waals surface area contributed by atoms with Gasteiger partial charge in [0.25, 0.3) is 5.69 Å². The largest absolute Gasteiger partial charge is 0.306 e. The maximum absolute atomic E-state index is 12.1.